The average molecular weight is 837 g/mol. The van der Waals surface area contributed by atoms with E-state index in [2.05, 4.69) is 36.6 Å². The number of hydrogen-bond acceptors (Lipinski definition) is 9. The van der Waals surface area contributed by atoms with Crippen molar-refractivity contribution in [1.29, 1.82) is 0 Å². The molecule has 6 amide bonds. The van der Waals surface area contributed by atoms with Gasteiger partial charge in [0.2, 0.25) is 29.5 Å². The van der Waals surface area contributed by atoms with E-state index in [1.54, 1.807) is 0 Å². The van der Waals surface area contributed by atoms with Crippen LogP contribution in [-0.4, -0.2) is 113 Å². The van der Waals surface area contributed by atoms with Crippen LogP contribution in [0.15, 0.2) is 83.9 Å². The van der Waals surface area contributed by atoms with Crippen molar-refractivity contribution in [2.24, 2.45) is 16.5 Å². The van der Waals surface area contributed by atoms with Gasteiger partial charge in [-0.3, -0.25) is 43.3 Å². The molecule has 0 aliphatic carbocycles. The Morgan fingerprint density at radius 1 is 0.623 bits per heavy atom. The summed E-state index contributed by atoms with van der Waals surface area (Å²) in [6, 6.07) is 22.4. The summed E-state index contributed by atoms with van der Waals surface area (Å²) in [6.45, 7) is -2.61. The summed E-state index contributed by atoms with van der Waals surface area (Å²) in [5.41, 5.74) is 13.1. The van der Waals surface area contributed by atoms with Crippen molar-refractivity contribution >= 4 is 85.8 Å². The molecule has 4 aromatic carbocycles. The number of aromatic nitrogens is 1. The number of aromatic amines is 1. The minimum absolute atomic E-state index is 0.0292. The van der Waals surface area contributed by atoms with E-state index in [0.29, 0.717) is 11.1 Å². The number of carboxylic acids is 2. The number of carbonyl (C=O) groups is 8. The maximum Gasteiger partial charge on any atom is 0.322 e. The fraction of sp³-hybridized carbons (Fsp3) is 0.244. The molecule has 20 heteroatoms. The van der Waals surface area contributed by atoms with Gasteiger partial charge in [-0.15, -0.1) is 0 Å². The highest BCUT2D eigenvalue weighted by Gasteiger charge is 2.26. The molecule has 0 radical (unpaired) electrons. The number of hydrogen-bond donors (Lipinski definition) is 11. The van der Waals surface area contributed by atoms with Crippen molar-refractivity contribution in [3.05, 3.63) is 84.6 Å². The highest BCUT2D eigenvalue weighted by molar-refractivity contribution is 6.19. The number of amides is 6. The van der Waals surface area contributed by atoms with Gasteiger partial charge in [-0.1, -0.05) is 66.7 Å². The lowest BCUT2D eigenvalue weighted by atomic mass is 9.91. The minimum atomic E-state index is -1.65. The van der Waals surface area contributed by atoms with E-state index in [1.807, 2.05) is 84.2 Å². The number of fused-ring (bicyclic) bond motifs is 4. The summed E-state index contributed by atoms with van der Waals surface area (Å²) in [4.78, 5) is 107. The van der Waals surface area contributed by atoms with Gasteiger partial charge in [0.1, 0.15) is 24.3 Å². The molecule has 0 bridgehead atoms. The Labute approximate surface area is 346 Å². The molecule has 0 aliphatic heterocycles. The summed E-state index contributed by atoms with van der Waals surface area (Å²) in [6.07, 6.45) is -0.717. The molecule has 5 rings (SSSR count). The molecule has 2 atom stereocenters. The number of para-hydroxylation sites is 1. The van der Waals surface area contributed by atoms with Gasteiger partial charge in [0.05, 0.1) is 26.1 Å². The monoisotopic (exact) mass is 836 g/mol. The number of aliphatic carboxylic acids is 2. The number of benzene rings is 4. The molecule has 5 aromatic rings. The van der Waals surface area contributed by atoms with E-state index in [4.69, 9.17) is 21.7 Å². The Balaban J connectivity index is 1.20. The fourth-order valence-corrected chi connectivity index (χ4v) is 6.57. The first kappa shape index (κ1) is 44.1. The molecule has 1 aromatic heterocycles. The van der Waals surface area contributed by atoms with Crippen molar-refractivity contribution in [2.75, 3.05) is 32.7 Å². The predicted octanol–water partition coefficient (Wildman–Crippen LogP) is -0.198. The van der Waals surface area contributed by atoms with E-state index in [9.17, 15) is 38.4 Å². The largest absolute Gasteiger partial charge is 0.481 e. The molecule has 0 aliphatic rings. The molecule has 13 N–H and O–H groups in total. The van der Waals surface area contributed by atoms with Crippen molar-refractivity contribution in [1.82, 2.24) is 36.9 Å². The number of carbonyl (C=O) groups excluding carboxylic acids is 6. The van der Waals surface area contributed by atoms with Crippen LogP contribution in [0, 0.1) is 0 Å². The van der Waals surface area contributed by atoms with Gasteiger partial charge in [0, 0.05) is 23.0 Å². The van der Waals surface area contributed by atoms with E-state index in [1.165, 1.54) is 0 Å². The van der Waals surface area contributed by atoms with Gasteiger partial charge < -0.3 is 58.6 Å². The molecule has 1 heterocycles. The first-order chi connectivity index (χ1) is 29.2. The van der Waals surface area contributed by atoms with Gasteiger partial charge in [-0.25, -0.2) is 0 Å². The molecule has 318 valence electrons. The van der Waals surface area contributed by atoms with Crippen LogP contribution in [0.3, 0.4) is 0 Å². The third-order valence-corrected chi connectivity index (χ3v) is 9.29. The summed E-state index contributed by atoms with van der Waals surface area (Å²) >= 11 is 0. The Kier molecular flexibility index (Phi) is 14.9. The van der Waals surface area contributed by atoms with Gasteiger partial charge in [-0.2, -0.15) is 0 Å². The molecule has 0 saturated heterocycles. The lowest BCUT2D eigenvalue weighted by Crippen LogP contribution is -2.53. The Morgan fingerprint density at radius 2 is 1.20 bits per heavy atom. The third-order valence-electron chi connectivity index (χ3n) is 9.29. The van der Waals surface area contributed by atoms with Gasteiger partial charge in [-0.05, 0) is 52.1 Å². The molecule has 0 fully saturated rings. The smallest absolute Gasteiger partial charge is 0.322 e. The molecule has 0 unspecified atom stereocenters. The second-order valence-corrected chi connectivity index (χ2v) is 13.7. The van der Waals surface area contributed by atoms with Gasteiger partial charge in [0.15, 0.2) is 5.96 Å². The Morgan fingerprint density at radius 3 is 1.89 bits per heavy atom. The zero-order chi connectivity index (χ0) is 44.1. The van der Waals surface area contributed by atoms with Crippen LogP contribution in [0.2, 0.25) is 0 Å². The molecular weight excluding hydrogens is 793 g/mol. The zero-order valence-corrected chi connectivity index (χ0v) is 32.6. The number of aliphatic imine (C=N–C) groups is 1. The number of H-pyrrole nitrogens is 1. The second kappa shape index (κ2) is 20.6. The maximum atomic E-state index is 13.8. The Hall–Kier alpha value is -8.03. The maximum absolute atomic E-state index is 13.8. The van der Waals surface area contributed by atoms with Crippen LogP contribution in [0.5, 0.6) is 0 Å². The second-order valence-electron chi connectivity index (χ2n) is 13.7. The highest BCUT2D eigenvalue weighted by Crippen LogP contribution is 2.40. The van der Waals surface area contributed by atoms with Crippen LogP contribution in [0.1, 0.15) is 29.8 Å². The van der Waals surface area contributed by atoms with Crippen LogP contribution >= 0.6 is 0 Å². The minimum Gasteiger partial charge on any atom is -0.481 e. The summed E-state index contributed by atoms with van der Waals surface area (Å²) in [7, 11) is 0. The van der Waals surface area contributed by atoms with Crippen molar-refractivity contribution in [3.8, 4) is 11.1 Å². The normalized spacial score (nSPS) is 11.8. The number of nitrogens with one attached hydrogen (secondary N) is 7. The molecule has 0 spiro atoms. The molecule has 0 saturated carbocycles. The number of rotatable bonds is 20. The van der Waals surface area contributed by atoms with E-state index in [-0.39, 0.29) is 31.0 Å². The fourth-order valence-electron chi connectivity index (χ4n) is 6.57. The lowest BCUT2D eigenvalue weighted by molar-refractivity contribution is -0.141. The number of nitrogens with zero attached hydrogens (tertiary/aromatic N) is 1. The van der Waals surface area contributed by atoms with E-state index < -0.39 is 92.1 Å². The van der Waals surface area contributed by atoms with Gasteiger partial charge >= 0.3 is 11.9 Å². The standard InChI is InChI=1S/C41H44N10O10/c42-41(43)44-15-7-14-29(38(59)46-20-33(54)50-30(17-34(55)56)39(60)48-21-35(57)58)49-32(53)19-45-31(52)18-47-40(61)37-36(26-12-5-6-13-28(26)51-37)27-16-22-8-1-2-9-23(22)24-10-3-4-11-25(24)27/h1-6,8-13,16,29-30,51H,7,14-15,17-21H2,(H,45,52)(H,46,59)(H,47,61)(H,48,60)(H,49,53)(H,50,54)(H,55,56)(H,57,58)(H4,42,43,44)/t29-,30-/m0/s1. The number of carboxylic acid groups (broad SMARTS) is 2. The zero-order valence-electron chi connectivity index (χ0n) is 32.6. The van der Waals surface area contributed by atoms with Crippen LogP contribution in [0.4, 0.5) is 0 Å². The van der Waals surface area contributed by atoms with Crippen molar-refractivity contribution in [3.63, 3.8) is 0 Å². The number of guanidine groups is 1. The third kappa shape index (κ3) is 12.0. The molecular formula is C41H44N10O10. The topological polar surface area (TPSA) is 329 Å². The number of nitrogens with two attached hydrogens (primary N) is 2. The lowest BCUT2D eigenvalue weighted by Gasteiger charge is -2.19. The summed E-state index contributed by atoms with van der Waals surface area (Å²) in [5.74, 6) is -8.08. The van der Waals surface area contributed by atoms with Crippen molar-refractivity contribution in [2.45, 2.75) is 31.3 Å². The van der Waals surface area contributed by atoms with Crippen molar-refractivity contribution < 1.29 is 48.6 Å². The van der Waals surface area contributed by atoms with Gasteiger partial charge in [0.25, 0.3) is 5.91 Å². The Bertz CT molecular complexity index is 2530. The SMILES string of the molecule is NC(N)=NCCC[C@H](NC(=O)CNC(=O)CNC(=O)c1[nH]c2ccccc2c1-c1cc2ccccc2c2ccccc12)C(=O)NCC(=O)N[C@@H](CC(=O)O)C(=O)NCC(=O)O. The average Bonchev–Trinajstić information content (AvgIpc) is 3.63. The first-order valence-electron chi connectivity index (χ1n) is 18.9. The van der Waals surface area contributed by atoms with E-state index >= 15 is 0 Å². The summed E-state index contributed by atoms with van der Waals surface area (Å²) < 4.78 is 0. The van der Waals surface area contributed by atoms with Crippen LogP contribution in [0.25, 0.3) is 43.6 Å². The van der Waals surface area contributed by atoms with E-state index in [0.717, 1.165) is 32.5 Å². The first-order valence-corrected chi connectivity index (χ1v) is 18.9. The summed E-state index contributed by atoms with van der Waals surface area (Å²) in [5, 5.41) is 36.5. The highest BCUT2D eigenvalue weighted by atomic mass is 16.4. The van der Waals surface area contributed by atoms with Crippen LogP contribution < -0.4 is 43.4 Å². The predicted molar refractivity (Wildman–Crippen MR) is 224 cm³/mol. The molecule has 61 heavy (non-hydrogen) atoms. The van der Waals surface area contributed by atoms with Crippen LogP contribution in [-0.2, 0) is 33.6 Å². The quantitative estimate of drug-likeness (QED) is 0.0210. The molecule has 20 nitrogen and oxygen atoms in total.